The maximum Gasteiger partial charge on any atom is 0.303 e. The van der Waals surface area contributed by atoms with Gasteiger partial charge in [-0.15, -0.1) is 0 Å². The molecule has 126 valence electrons. The fourth-order valence-electron chi connectivity index (χ4n) is 2.74. The van der Waals surface area contributed by atoms with Crippen molar-refractivity contribution in [2.75, 3.05) is 18.8 Å². The van der Waals surface area contributed by atoms with Gasteiger partial charge in [-0.3, -0.25) is 9.59 Å². The Bertz CT molecular complexity index is 591. The molecule has 1 aliphatic heterocycles. The second kappa shape index (κ2) is 7.58. The molecule has 1 heterocycles. The molecule has 0 aliphatic carbocycles. The van der Waals surface area contributed by atoms with Gasteiger partial charge in [0.25, 0.3) is 5.91 Å². The normalized spacial score (nSPS) is 19.1. The number of nitrogens with zero attached hydrogens (tertiary/aromatic N) is 1. The SMILES string of the molecule is CC(=O)OC(C)(C)C(=O)N1CCSC(c2ccccc2Cl)CC1. The van der Waals surface area contributed by atoms with Gasteiger partial charge >= 0.3 is 5.97 Å². The molecule has 0 bridgehead atoms. The monoisotopic (exact) mass is 355 g/mol. The van der Waals surface area contributed by atoms with E-state index in [-0.39, 0.29) is 11.2 Å². The number of carbonyl (C=O) groups excluding carboxylic acids is 2. The van der Waals surface area contributed by atoms with E-state index in [1.165, 1.54) is 6.92 Å². The van der Waals surface area contributed by atoms with Crippen LogP contribution >= 0.6 is 23.4 Å². The molecule has 4 nitrogen and oxygen atoms in total. The fraction of sp³-hybridized carbons (Fsp3) is 0.529. The Hall–Kier alpha value is -1.20. The lowest BCUT2D eigenvalue weighted by Crippen LogP contribution is -2.48. The van der Waals surface area contributed by atoms with Crippen molar-refractivity contribution in [3.05, 3.63) is 34.9 Å². The van der Waals surface area contributed by atoms with Crippen molar-refractivity contribution in [2.24, 2.45) is 0 Å². The molecule has 1 amide bonds. The van der Waals surface area contributed by atoms with Gasteiger partial charge in [0.1, 0.15) is 0 Å². The fourth-order valence-corrected chi connectivity index (χ4v) is 4.34. The summed E-state index contributed by atoms with van der Waals surface area (Å²) in [6, 6.07) is 7.85. The summed E-state index contributed by atoms with van der Waals surface area (Å²) >= 11 is 8.10. The van der Waals surface area contributed by atoms with Crippen LogP contribution in [-0.4, -0.2) is 41.2 Å². The molecule has 1 aliphatic rings. The topological polar surface area (TPSA) is 46.6 Å². The van der Waals surface area contributed by atoms with Crippen LogP contribution < -0.4 is 0 Å². The average Bonchev–Trinajstić information content (AvgIpc) is 2.71. The molecule has 23 heavy (non-hydrogen) atoms. The first kappa shape index (κ1) is 18.1. The predicted molar refractivity (Wildman–Crippen MR) is 93.7 cm³/mol. The van der Waals surface area contributed by atoms with E-state index in [4.69, 9.17) is 16.3 Å². The molecule has 6 heteroatoms. The summed E-state index contributed by atoms with van der Waals surface area (Å²) in [7, 11) is 0. The molecule has 0 radical (unpaired) electrons. The summed E-state index contributed by atoms with van der Waals surface area (Å²) in [6.45, 7) is 5.88. The number of benzene rings is 1. The van der Waals surface area contributed by atoms with Crippen LogP contribution in [0.4, 0.5) is 0 Å². The van der Waals surface area contributed by atoms with E-state index in [1.807, 2.05) is 36.0 Å². The smallest absolute Gasteiger partial charge is 0.303 e. The lowest BCUT2D eigenvalue weighted by Gasteiger charge is -2.30. The van der Waals surface area contributed by atoms with Crippen molar-refractivity contribution in [3.8, 4) is 0 Å². The number of carbonyl (C=O) groups is 2. The van der Waals surface area contributed by atoms with Gasteiger partial charge in [0.2, 0.25) is 0 Å². The molecule has 1 saturated heterocycles. The zero-order chi connectivity index (χ0) is 17.0. The van der Waals surface area contributed by atoms with E-state index in [0.29, 0.717) is 13.1 Å². The Morgan fingerprint density at radius 3 is 2.65 bits per heavy atom. The van der Waals surface area contributed by atoms with Crippen LogP contribution in [-0.2, 0) is 14.3 Å². The minimum atomic E-state index is -1.12. The molecule has 0 N–H and O–H groups in total. The molecule has 0 spiro atoms. The van der Waals surface area contributed by atoms with Crippen LogP contribution in [0.15, 0.2) is 24.3 Å². The van der Waals surface area contributed by atoms with E-state index in [2.05, 4.69) is 0 Å². The Morgan fingerprint density at radius 2 is 2.00 bits per heavy atom. The Labute approximate surface area is 146 Å². The van der Waals surface area contributed by atoms with Crippen LogP contribution in [0, 0.1) is 0 Å². The van der Waals surface area contributed by atoms with Gasteiger partial charge in [0.15, 0.2) is 5.60 Å². The molecule has 0 saturated carbocycles. The first-order valence-electron chi connectivity index (χ1n) is 7.66. The third-order valence-corrected chi connectivity index (χ3v) is 5.45. The summed E-state index contributed by atoms with van der Waals surface area (Å²) in [5, 5.41) is 1.04. The molecule has 1 unspecified atom stereocenters. The number of esters is 1. The molecule has 1 aromatic rings. The van der Waals surface area contributed by atoms with Gasteiger partial charge in [0, 0.05) is 36.0 Å². The molecule has 1 aromatic carbocycles. The van der Waals surface area contributed by atoms with Crippen LogP contribution in [0.3, 0.4) is 0 Å². The number of hydrogen-bond donors (Lipinski definition) is 0. The summed E-state index contributed by atoms with van der Waals surface area (Å²) in [6.07, 6.45) is 0.830. The Balaban J connectivity index is 2.05. The van der Waals surface area contributed by atoms with E-state index in [0.717, 1.165) is 22.8 Å². The highest BCUT2D eigenvalue weighted by Gasteiger charge is 2.36. The number of thioether (sulfide) groups is 1. The molecule has 1 fully saturated rings. The first-order valence-corrected chi connectivity index (χ1v) is 9.09. The van der Waals surface area contributed by atoms with Gasteiger partial charge in [0.05, 0.1) is 0 Å². The average molecular weight is 356 g/mol. The highest BCUT2D eigenvalue weighted by molar-refractivity contribution is 7.99. The molecule has 2 rings (SSSR count). The predicted octanol–water partition coefficient (Wildman–Crippen LogP) is 3.69. The third-order valence-electron chi connectivity index (χ3n) is 3.79. The second-order valence-corrected chi connectivity index (χ2v) is 7.78. The van der Waals surface area contributed by atoms with Crippen LogP contribution in [0.25, 0.3) is 0 Å². The van der Waals surface area contributed by atoms with Gasteiger partial charge in [-0.1, -0.05) is 29.8 Å². The third kappa shape index (κ3) is 4.64. The highest BCUT2D eigenvalue weighted by atomic mass is 35.5. The number of amides is 1. The van der Waals surface area contributed by atoms with Gasteiger partial charge < -0.3 is 9.64 Å². The maximum atomic E-state index is 12.6. The summed E-state index contributed by atoms with van der Waals surface area (Å²) in [5.41, 5.74) is -0.00603. The first-order chi connectivity index (χ1) is 10.8. The number of hydrogen-bond acceptors (Lipinski definition) is 4. The molecule has 0 aromatic heterocycles. The van der Waals surface area contributed by atoms with Crippen molar-refractivity contribution in [2.45, 2.75) is 38.0 Å². The van der Waals surface area contributed by atoms with Crippen molar-refractivity contribution in [1.29, 1.82) is 0 Å². The zero-order valence-electron chi connectivity index (χ0n) is 13.7. The lowest BCUT2D eigenvalue weighted by molar-refractivity contribution is -0.168. The van der Waals surface area contributed by atoms with E-state index >= 15 is 0 Å². The van der Waals surface area contributed by atoms with Crippen molar-refractivity contribution < 1.29 is 14.3 Å². The minimum Gasteiger partial charge on any atom is -0.450 e. The number of ether oxygens (including phenoxy) is 1. The second-order valence-electron chi connectivity index (χ2n) is 6.07. The lowest BCUT2D eigenvalue weighted by atomic mass is 10.1. The summed E-state index contributed by atoms with van der Waals surface area (Å²) in [5.74, 6) is 0.243. The minimum absolute atomic E-state index is 0.145. The Morgan fingerprint density at radius 1 is 1.30 bits per heavy atom. The standard InChI is InChI=1S/C17H22ClNO3S/c1-12(20)22-17(2,3)16(21)19-9-8-15(23-11-10-19)13-6-4-5-7-14(13)18/h4-7,15H,8-11H2,1-3H3. The van der Waals surface area contributed by atoms with Gasteiger partial charge in [-0.2, -0.15) is 11.8 Å². The Kier molecular flexibility index (Phi) is 5.98. The maximum absolute atomic E-state index is 12.6. The summed E-state index contributed by atoms with van der Waals surface area (Å²) < 4.78 is 5.17. The van der Waals surface area contributed by atoms with Crippen molar-refractivity contribution in [1.82, 2.24) is 4.90 Å². The molecule has 1 atom stereocenters. The van der Waals surface area contributed by atoms with Crippen LogP contribution in [0.5, 0.6) is 0 Å². The molecular formula is C17H22ClNO3S. The number of halogens is 1. The zero-order valence-corrected chi connectivity index (χ0v) is 15.2. The quantitative estimate of drug-likeness (QED) is 0.776. The van der Waals surface area contributed by atoms with E-state index in [9.17, 15) is 9.59 Å². The van der Waals surface area contributed by atoms with Crippen molar-refractivity contribution >= 4 is 35.2 Å². The summed E-state index contributed by atoms with van der Waals surface area (Å²) in [4.78, 5) is 25.6. The van der Waals surface area contributed by atoms with E-state index < -0.39 is 11.6 Å². The van der Waals surface area contributed by atoms with Crippen LogP contribution in [0.2, 0.25) is 5.02 Å². The molecular weight excluding hydrogens is 334 g/mol. The van der Waals surface area contributed by atoms with Gasteiger partial charge in [-0.25, -0.2) is 0 Å². The van der Waals surface area contributed by atoms with Crippen LogP contribution in [0.1, 0.15) is 38.0 Å². The van der Waals surface area contributed by atoms with E-state index in [1.54, 1.807) is 18.7 Å². The largest absolute Gasteiger partial charge is 0.450 e. The highest BCUT2D eigenvalue weighted by Crippen LogP contribution is 2.38. The van der Waals surface area contributed by atoms with Gasteiger partial charge in [-0.05, 0) is 31.9 Å². The van der Waals surface area contributed by atoms with Crippen molar-refractivity contribution in [3.63, 3.8) is 0 Å². The number of rotatable bonds is 3.